The summed E-state index contributed by atoms with van der Waals surface area (Å²) in [6, 6.07) is 5.82. The van der Waals surface area contributed by atoms with Gasteiger partial charge in [-0.2, -0.15) is 0 Å². The lowest BCUT2D eigenvalue weighted by Crippen LogP contribution is -2.26. The topological polar surface area (TPSA) is 72.4 Å². The molecule has 1 aromatic carbocycles. The Hall–Kier alpha value is -1.88. The van der Waals surface area contributed by atoms with Crippen LogP contribution < -0.4 is 5.73 Å². The van der Waals surface area contributed by atoms with Gasteiger partial charge in [-0.1, -0.05) is 6.07 Å². The fourth-order valence-corrected chi connectivity index (χ4v) is 1.99. The molecule has 0 aliphatic carbocycles. The van der Waals surface area contributed by atoms with Gasteiger partial charge < -0.3 is 15.1 Å². The van der Waals surface area contributed by atoms with Crippen molar-refractivity contribution in [3.05, 3.63) is 29.7 Å². The monoisotopic (exact) mass is 261 g/mol. The second kappa shape index (κ2) is 5.84. The molecule has 0 radical (unpaired) electrons. The molecule has 0 atom stereocenters. The van der Waals surface area contributed by atoms with E-state index in [1.165, 1.54) is 0 Å². The fourth-order valence-electron chi connectivity index (χ4n) is 1.99. The lowest BCUT2D eigenvalue weighted by molar-refractivity contribution is -0.130. The highest BCUT2D eigenvalue weighted by atomic mass is 16.3. The molecule has 0 unspecified atom stereocenters. The number of nitrogens with two attached hydrogens (primary N) is 1. The minimum atomic E-state index is 0.110. The summed E-state index contributed by atoms with van der Waals surface area (Å²) in [6.07, 6.45) is 1.22. The van der Waals surface area contributed by atoms with Crippen LogP contribution in [0.5, 0.6) is 0 Å². The third-order valence-corrected chi connectivity index (χ3v) is 3.00. The van der Waals surface area contributed by atoms with Gasteiger partial charge in [-0.3, -0.25) is 4.79 Å². The van der Waals surface area contributed by atoms with Crippen LogP contribution in [-0.4, -0.2) is 29.4 Å². The molecule has 19 heavy (non-hydrogen) atoms. The zero-order valence-corrected chi connectivity index (χ0v) is 11.3. The van der Waals surface area contributed by atoms with Gasteiger partial charge in [-0.15, -0.1) is 0 Å². The molecule has 0 fully saturated rings. The van der Waals surface area contributed by atoms with Crippen LogP contribution in [0, 0.1) is 6.92 Å². The van der Waals surface area contributed by atoms with E-state index in [1.54, 1.807) is 11.9 Å². The van der Waals surface area contributed by atoms with E-state index in [-0.39, 0.29) is 5.91 Å². The number of hydrogen-bond acceptors (Lipinski definition) is 4. The summed E-state index contributed by atoms with van der Waals surface area (Å²) in [5.74, 6) is 0.763. The number of aromatic nitrogens is 1. The maximum atomic E-state index is 11.8. The summed E-state index contributed by atoms with van der Waals surface area (Å²) in [4.78, 5) is 17.8. The number of aryl methyl sites for hydroxylation is 1. The van der Waals surface area contributed by atoms with E-state index in [2.05, 4.69) is 4.98 Å². The maximum Gasteiger partial charge on any atom is 0.222 e. The number of oxazole rings is 1. The Labute approximate surface area is 112 Å². The Morgan fingerprint density at radius 1 is 1.47 bits per heavy atom. The number of benzene rings is 1. The Morgan fingerprint density at radius 2 is 2.26 bits per heavy atom. The van der Waals surface area contributed by atoms with Gasteiger partial charge in [-0.25, -0.2) is 4.98 Å². The third-order valence-electron chi connectivity index (χ3n) is 3.00. The normalized spacial score (nSPS) is 10.9. The number of fused-ring (bicyclic) bond motifs is 1. The van der Waals surface area contributed by atoms with Crippen LogP contribution in [0.3, 0.4) is 0 Å². The third kappa shape index (κ3) is 3.32. The van der Waals surface area contributed by atoms with Crippen molar-refractivity contribution in [3.63, 3.8) is 0 Å². The fraction of sp³-hybridized carbons (Fsp3) is 0.429. The van der Waals surface area contributed by atoms with Crippen molar-refractivity contribution in [3.8, 4) is 0 Å². The molecule has 0 aliphatic rings. The van der Waals surface area contributed by atoms with Gasteiger partial charge in [-0.05, 0) is 30.7 Å². The first-order chi connectivity index (χ1) is 9.10. The summed E-state index contributed by atoms with van der Waals surface area (Å²) >= 11 is 0. The molecule has 0 saturated carbocycles. The van der Waals surface area contributed by atoms with E-state index in [0.717, 1.165) is 23.1 Å². The Balaban J connectivity index is 2.05. The molecule has 1 amide bonds. The second-order valence-electron chi connectivity index (χ2n) is 4.68. The number of rotatable bonds is 5. The molecule has 2 aromatic rings. The summed E-state index contributed by atoms with van der Waals surface area (Å²) in [6.45, 7) is 2.93. The zero-order valence-electron chi connectivity index (χ0n) is 11.3. The smallest absolute Gasteiger partial charge is 0.222 e. The highest BCUT2D eigenvalue weighted by Crippen LogP contribution is 2.17. The van der Waals surface area contributed by atoms with E-state index < -0.39 is 0 Å². The van der Waals surface area contributed by atoms with Crippen molar-refractivity contribution in [2.45, 2.75) is 26.3 Å². The number of carbonyl (C=O) groups is 1. The zero-order chi connectivity index (χ0) is 13.8. The van der Waals surface area contributed by atoms with Gasteiger partial charge in [0.15, 0.2) is 11.5 Å². The minimum absolute atomic E-state index is 0.110. The Morgan fingerprint density at radius 3 is 3.00 bits per heavy atom. The van der Waals surface area contributed by atoms with Crippen LogP contribution in [0.15, 0.2) is 22.6 Å². The lowest BCUT2D eigenvalue weighted by Gasteiger charge is -2.17. The van der Waals surface area contributed by atoms with Gasteiger partial charge in [0.25, 0.3) is 0 Å². The summed E-state index contributed by atoms with van der Waals surface area (Å²) in [7, 11) is 1.80. The van der Waals surface area contributed by atoms with Crippen molar-refractivity contribution in [1.29, 1.82) is 0 Å². The van der Waals surface area contributed by atoms with Crippen molar-refractivity contribution in [2.75, 3.05) is 13.6 Å². The molecule has 5 nitrogen and oxygen atoms in total. The van der Waals surface area contributed by atoms with Crippen LogP contribution in [0.4, 0.5) is 0 Å². The van der Waals surface area contributed by atoms with Crippen molar-refractivity contribution in [1.82, 2.24) is 9.88 Å². The van der Waals surface area contributed by atoms with Crippen molar-refractivity contribution in [2.24, 2.45) is 5.73 Å². The average Bonchev–Trinajstić information content (AvgIpc) is 2.75. The summed E-state index contributed by atoms with van der Waals surface area (Å²) < 4.78 is 5.48. The minimum Gasteiger partial charge on any atom is -0.441 e. The summed E-state index contributed by atoms with van der Waals surface area (Å²) in [5.41, 5.74) is 8.05. The number of amides is 1. The predicted molar refractivity (Wildman–Crippen MR) is 73.5 cm³/mol. The first-order valence-corrected chi connectivity index (χ1v) is 6.40. The number of nitrogens with zero attached hydrogens (tertiary/aromatic N) is 2. The van der Waals surface area contributed by atoms with E-state index in [0.29, 0.717) is 25.4 Å². The quantitative estimate of drug-likeness (QED) is 0.891. The standard InChI is InChI=1S/C14H19N3O2/c1-10-16-12-6-5-11(8-13(12)19-10)9-17(2)14(18)4-3-7-15/h5-6,8H,3-4,7,9,15H2,1-2H3. The number of carbonyl (C=O) groups excluding carboxylic acids is 1. The summed E-state index contributed by atoms with van der Waals surface area (Å²) in [5, 5.41) is 0. The lowest BCUT2D eigenvalue weighted by atomic mass is 10.2. The van der Waals surface area contributed by atoms with Gasteiger partial charge in [0.05, 0.1) is 0 Å². The molecule has 102 valence electrons. The molecule has 2 N–H and O–H groups in total. The first-order valence-electron chi connectivity index (χ1n) is 6.40. The van der Waals surface area contributed by atoms with Gasteiger partial charge in [0.1, 0.15) is 5.52 Å². The molecule has 0 spiro atoms. The maximum absolute atomic E-state index is 11.8. The SMILES string of the molecule is Cc1nc2ccc(CN(C)C(=O)CCCN)cc2o1. The highest BCUT2D eigenvalue weighted by Gasteiger charge is 2.10. The largest absolute Gasteiger partial charge is 0.441 e. The van der Waals surface area contributed by atoms with Crippen molar-refractivity contribution < 1.29 is 9.21 Å². The highest BCUT2D eigenvalue weighted by molar-refractivity contribution is 5.76. The molecule has 2 rings (SSSR count). The van der Waals surface area contributed by atoms with Gasteiger partial charge in [0.2, 0.25) is 5.91 Å². The van der Waals surface area contributed by atoms with E-state index in [4.69, 9.17) is 10.2 Å². The average molecular weight is 261 g/mol. The molecule has 1 heterocycles. The van der Waals surface area contributed by atoms with Crippen LogP contribution in [0.2, 0.25) is 0 Å². The van der Waals surface area contributed by atoms with Crippen LogP contribution >= 0.6 is 0 Å². The van der Waals surface area contributed by atoms with E-state index >= 15 is 0 Å². The second-order valence-corrected chi connectivity index (χ2v) is 4.68. The molecule has 0 aliphatic heterocycles. The number of hydrogen-bond donors (Lipinski definition) is 1. The van der Waals surface area contributed by atoms with Crippen LogP contribution in [0.1, 0.15) is 24.3 Å². The predicted octanol–water partition coefficient (Wildman–Crippen LogP) is 1.83. The van der Waals surface area contributed by atoms with E-state index in [1.807, 2.05) is 25.1 Å². The molecule has 5 heteroatoms. The van der Waals surface area contributed by atoms with Crippen molar-refractivity contribution >= 4 is 17.0 Å². The molecule has 1 aromatic heterocycles. The van der Waals surface area contributed by atoms with Gasteiger partial charge in [0, 0.05) is 26.9 Å². The molecule has 0 saturated heterocycles. The molecular formula is C14H19N3O2. The van der Waals surface area contributed by atoms with Gasteiger partial charge >= 0.3 is 0 Å². The Bertz CT molecular complexity index is 577. The first kappa shape index (κ1) is 13.5. The Kier molecular flexibility index (Phi) is 4.16. The molecule has 0 bridgehead atoms. The van der Waals surface area contributed by atoms with Crippen LogP contribution in [0.25, 0.3) is 11.1 Å². The van der Waals surface area contributed by atoms with E-state index in [9.17, 15) is 4.79 Å². The molecular weight excluding hydrogens is 242 g/mol. The van der Waals surface area contributed by atoms with Crippen LogP contribution in [-0.2, 0) is 11.3 Å².